The number of ether oxygens (including phenoxy) is 1. The first-order chi connectivity index (χ1) is 14.6. The number of hydrogen-bond donors (Lipinski definition) is 1. The fourth-order valence-electron chi connectivity index (χ4n) is 4.61. The molecule has 158 valence electrons. The molecular weight excluding hydrogens is 378 g/mol. The molecule has 0 atom stereocenters. The molecule has 0 bridgehead atoms. The van der Waals surface area contributed by atoms with Gasteiger partial charge >= 0.3 is 0 Å². The number of morpholine rings is 1. The van der Waals surface area contributed by atoms with Gasteiger partial charge in [0, 0.05) is 61.4 Å². The Balaban J connectivity index is 1.41. The van der Waals surface area contributed by atoms with Crippen molar-refractivity contribution in [1.82, 2.24) is 19.4 Å². The Morgan fingerprint density at radius 2 is 1.97 bits per heavy atom. The molecule has 0 saturated carbocycles. The lowest BCUT2D eigenvalue weighted by atomic mass is 10.1. The molecule has 1 fully saturated rings. The number of nitrogens with zero attached hydrogens (tertiary/aromatic N) is 4. The van der Waals surface area contributed by atoms with E-state index in [0.717, 1.165) is 43.9 Å². The van der Waals surface area contributed by atoms with Gasteiger partial charge in [-0.2, -0.15) is 0 Å². The van der Waals surface area contributed by atoms with Crippen LogP contribution in [0, 0.1) is 0 Å². The van der Waals surface area contributed by atoms with Crippen molar-refractivity contribution in [2.45, 2.75) is 39.4 Å². The first-order valence-corrected chi connectivity index (χ1v) is 10.9. The molecular formula is C23H29N5O2. The Labute approximate surface area is 176 Å². The lowest BCUT2D eigenvalue weighted by Crippen LogP contribution is -2.40. The van der Waals surface area contributed by atoms with Gasteiger partial charge in [0.1, 0.15) is 0 Å². The van der Waals surface area contributed by atoms with Gasteiger partial charge in [-0.15, -0.1) is 0 Å². The van der Waals surface area contributed by atoms with Gasteiger partial charge in [-0.05, 0) is 31.9 Å². The summed E-state index contributed by atoms with van der Waals surface area (Å²) in [5.74, 6) is 0.681. The maximum atomic E-state index is 12.7. The van der Waals surface area contributed by atoms with Crippen LogP contribution >= 0.6 is 0 Å². The maximum Gasteiger partial charge on any atom is 0.255 e. The zero-order valence-electron chi connectivity index (χ0n) is 17.7. The van der Waals surface area contributed by atoms with E-state index in [0.29, 0.717) is 31.7 Å². The number of nitrogens with one attached hydrogen (secondary N) is 1. The summed E-state index contributed by atoms with van der Waals surface area (Å²) >= 11 is 0. The molecule has 0 aliphatic carbocycles. The van der Waals surface area contributed by atoms with Gasteiger partial charge in [0.15, 0.2) is 0 Å². The molecule has 2 aliphatic heterocycles. The van der Waals surface area contributed by atoms with Crippen LogP contribution in [-0.4, -0.2) is 52.3 Å². The Morgan fingerprint density at radius 3 is 2.77 bits per heavy atom. The zero-order valence-corrected chi connectivity index (χ0v) is 17.7. The van der Waals surface area contributed by atoms with Crippen LogP contribution in [0.2, 0.25) is 0 Å². The number of para-hydroxylation sites is 1. The average Bonchev–Trinajstić information content (AvgIpc) is 3.13. The van der Waals surface area contributed by atoms with Gasteiger partial charge in [0.25, 0.3) is 5.56 Å². The number of benzene rings is 1. The summed E-state index contributed by atoms with van der Waals surface area (Å²) in [5.41, 5.74) is 4.38. The van der Waals surface area contributed by atoms with E-state index in [-0.39, 0.29) is 5.56 Å². The molecule has 2 aromatic heterocycles. The fraction of sp³-hybridized carbons (Fsp3) is 0.478. The summed E-state index contributed by atoms with van der Waals surface area (Å²) in [6, 6.07) is 9.03. The fourth-order valence-corrected chi connectivity index (χ4v) is 4.61. The van der Waals surface area contributed by atoms with Crippen molar-refractivity contribution in [3.8, 4) is 0 Å². The molecule has 3 aromatic rings. The minimum atomic E-state index is 0.0116. The summed E-state index contributed by atoms with van der Waals surface area (Å²) in [5, 5.41) is 1.31. The Morgan fingerprint density at radius 1 is 1.17 bits per heavy atom. The number of hydrogen-bond acceptors (Lipinski definition) is 5. The van der Waals surface area contributed by atoms with E-state index in [1.807, 2.05) is 0 Å². The summed E-state index contributed by atoms with van der Waals surface area (Å²) in [4.78, 5) is 25.0. The molecule has 1 N–H and O–H groups in total. The Kier molecular flexibility index (Phi) is 5.08. The summed E-state index contributed by atoms with van der Waals surface area (Å²) in [6.07, 6.45) is 3.03. The predicted octanol–water partition coefficient (Wildman–Crippen LogP) is 2.70. The molecule has 5 rings (SSSR count). The molecule has 0 spiro atoms. The topological polar surface area (TPSA) is 66.4 Å². The minimum Gasteiger partial charge on any atom is -0.378 e. The molecule has 0 radical (unpaired) electrons. The smallest absolute Gasteiger partial charge is 0.255 e. The van der Waals surface area contributed by atoms with Gasteiger partial charge < -0.3 is 14.2 Å². The number of fused-ring (bicyclic) bond motifs is 2. The van der Waals surface area contributed by atoms with Crippen molar-refractivity contribution in [2.75, 3.05) is 37.7 Å². The third-order valence-corrected chi connectivity index (χ3v) is 6.22. The Bertz CT molecular complexity index is 1110. The quantitative estimate of drug-likeness (QED) is 0.720. The lowest BCUT2D eigenvalue weighted by molar-refractivity contribution is 0.122. The zero-order chi connectivity index (χ0) is 20.7. The molecule has 2 aliphatic rings. The molecule has 4 heterocycles. The number of anilines is 1. The van der Waals surface area contributed by atoms with Crippen molar-refractivity contribution in [1.29, 1.82) is 0 Å². The Hall–Kier alpha value is -2.64. The number of aromatic amines is 1. The molecule has 1 aromatic carbocycles. The molecule has 30 heavy (non-hydrogen) atoms. The second kappa shape index (κ2) is 7.89. The second-order valence-electron chi connectivity index (χ2n) is 8.55. The van der Waals surface area contributed by atoms with Crippen LogP contribution < -0.4 is 10.5 Å². The van der Waals surface area contributed by atoms with Crippen LogP contribution in [-0.2, 0) is 24.2 Å². The highest BCUT2D eigenvalue weighted by Crippen LogP contribution is 2.27. The second-order valence-corrected chi connectivity index (χ2v) is 8.55. The molecule has 7 nitrogen and oxygen atoms in total. The first-order valence-electron chi connectivity index (χ1n) is 10.9. The van der Waals surface area contributed by atoms with Crippen LogP contribution in [0.5, 0.6) is 0 Å². The highest BCUT2D eigenvalue weighted by atomic mass is 16.5. The van der Waals surface area contributed by atoms with Crippen molar-refractivity contribution in [3.05, 3.63) is 57.6 Å². The van der Waals surface area contributed by atoms with E-state index >= 15 is 0 Å². The van der Waals surface area contributed by atoms with E-state index < -0.39 is 0 Å². The molecule has 0 amide bonds. The van der Waals surface area contributed by atoms with Gasteiger partial charge in [-0.25, -0.2) is 4.98 Å². The summed E-state index contributed by atoms with van der Waals surface area (Å²) in [7, 11) is 0. The maximum absolute atomic E-state index is 12.7. The lowest BCUT2D eigenvalue weighted by Gasteiger charge is -2.30. The highest BCUT2D eigenvalue weighted by molar-refractivity contribution is 5.84. The monoisotopic (exact) mass is 407 g/mol. The van der Waals surface area contributed by atoms with Crippen molar-refractivity contribution < 1.29 is 4.74 Å². The number of H-pyrrole nitrogens is 1. The van der Waals surface area contributed by atoms with Crippen LogP contribution in [0.3, 0.4) is 0 Å². The standard InChI is InChI=1S/C23H29N5O2/c1-16(2)28-14-17(18-5-3-4-6-21(18)28)13-26-8-7-19-20(15-26)24-23(25-22(19)29)27-9-11-30-12-10-27/h3-6,14,16H,7-13,15H2,1-2H3,(H,24,25,29). The van der Waals surface area contributed by atoms with E-state index in [9.17, 15) is 4.79 Å². The van der Waals surface area contributed by atoms with Crippen LogP contribution in [0.4, 0.5) is 5.95 Å². The molecule has 1 saturated heterocycles. The van der Waals surface area contributed by atoms with Gasteiger partial charge in [-0.3, -0.25) is 14.7 Å². The van der Waals surface area contributed by atoms with Crippen molar-refractivity contribution in [3.63, 3.8) is 0 Å². The van der Waals surface area contributed by atoms with Gasteiger partial charge in [-0.1, -0.05) is 18.2 Å². The normalized spacial score (nSPS) is 17.6. The van der Waals surface area contributed by atoms with Gasteiger partial charge in [0.05, 0.1) is 18.9 Å². The number of rotatable bonds is 4. The van der Waals surface area contributed by atoms with Crippen LogP contribution in [0.15, 0.2) is 35.3 Å². The van der Waals surface area contributed by atoms with Crippen molar-refractivity contribution >= 4 is 16.9 Å². The van der Waals surface area contributed by atoms with E-state index in [1.165, 1.54) is 16.5 Å². The molecule has 7 heteroatoms. The number of aromatic nitrogens is 3. The largest absolute Gasteiger partial charge is 0.378 e. The van der Waals surface area contributed by atoms with Crippen LogP contribution in [0.1, 0.15) is 36.7 Å². The highest BCUT2D eigenvalue weighted by Gasteiger charge is 2.24. The first kappa shape index (κ1) is 19.3. The molecule has 0 unspecified atom stereocenters. The predicted molar refractivity (Wildman–Crippen MR) is 118 cm³/mol. The van der Waals surface area contributed by atoms with E-state index in [4.69, 9.17) is 9.72 Å². The van der Waals surface area contributed by atoms with Gasteiger partial charge in [0.2, 0.25) is 5.95 Å². The average molecular weight is 408 g/mol. The third kappa shape index (κ3) is 3.52. The van der Waals surface area contributed by atoms with Crippen LogP contribution in [0.25, 0.3) is 10.9 Å². The summed E-state index contributed by atoms with van der Waals surface area (Å²) < 4.78 is 7.78. The van der Waals surface area contributed by atoms with E-state index in [2.05, 4.69) is 63.7 Å². The van der Waals surface area contributed by atoms with E-state index in [1.54, 1.807) is 0 Å². The van der Waals surface area contributed by atoms with Crippen molar-refractivity contribution in [2.24, 2.45) is 0 Å². The minimum absolute atomic E-state index is 0.0116. The SMILES string of the molecule is CC(C)n1cc(CN2CCc3c(nc(N4CCOCC4)[nH]c3=O)C2)c2ccccc21. The summed E-state index contributed by atoms with van der Waals surface area (Å²) in [6.45, 7) is 9.75. The third-order valence-electron chi connectivity index (χ3n) is 6.22.